The highest BCUT2D eigenvalue weighted by Crippen LogP contribution is 2.13. The molecule has 1 atom stereocenters. The summed E-state index contributed by atoms with van der Waals surface area (Å²) in [5.41, 5.74) is -0.554. The van der Waals surface area contributed by atoms with Crippen LogP contribution in [0, 0.1) is 6.92 Å². The van der Waals surface area contributed by atoms with E-state index in [9.17, 15) is 5.11 Å². The molecule has 1 nitrogen and oxygen atoms in total. The van der Waals surface area contributed by atoms with Gasteiger partial charge in [0.25, 0.3) is 0 Å². The van der Waals surface area contributed by atoms with E-state index < -0.39 is 5.60 Å². The molecule has 0 saturated heterocycles. The minimum absolute atomic E-state index is 0.554. The van der Waals surface area contributed by atoms with Gasteiger partial charge >= 0.3 is 0 Å². The lowest BCUT2D eigenvalue weighted by Gasteiger charge is -2.18. The predicted molar refractivity (Wildman–Crippen MR) is 39.0 cm³/mol. The van der Waals surface area contributed by atoms with E-state index in [1.165, 1.54) is 0 Å². The van der Waals surface area contributed by atoms with Gasteiger partial charge in [-0.05, 0) is 13.3 Å². The number of aliphatic hydroxyl groups is 1. The topological polar surface area (TPSA) is 20.2 Å². The molecule has 1 radical (unpaired) electrons. The van der Waals surface area contributed by atoms with Gasteiger partial charge in [0.15, 0.2) is 0 Å². The third-order valence-corrected chi connectivity index (χ3v) is 2.21. The van der Waals surface area contributed by atoms with Crippen LogP contribution in [0.4, 0.5) is 0 Å². The first-order valence-corrected chi connectivity index (χ1v) is 3.82. The summed E-state index contributed by atoms with van der Waals surface area (Å²) in [5, 5.41) is 9.87. The van der Waals surface area contributed by atoms with Crippen LogP contribution in [0.2, 0.25) is 0 Å². The zero-order valence-electron chi connectivity index (χ0n) is 5.15. The fourth-order valence-electron chi connectivity index (χ4n) is 0.448. The molecular weight excluding hydrogens is 168 g/mol. The lowest BCUT2D eigenvalue weighted by Crippen LogP contribution is -2.25. The monoisotopic (exact) mass is 179 g/mol. The Hall–Kier alpha value is 0.440. The molecule has 0 amide bonds. The summed E-state index contributed by atoms with van der Waals surface area (Å²) in [7, 11) is 0. The molecule has 2 heteroatoms. The molecule has 0 aromatic heterocycles. The van der Waals surface area contributed by atoms with Crippen molar-refractivity contribution in [2.75, 3.05) is 5.33 Å². The first kappa shape index (κ1) is 8.44. The van der Waals surface area contributed by atoms with Gasteiger partial charge in [-0.2, -0.15) is 0 Å². The first-order valence-electron chi connectivity index (χ1n) is 2.70. The van der Waals surface area contributed by atoms with Crippen molar-refractivity contribution < 1.29 is 5.11 Å². The van der Waals surface area contributed by atoms with E-state index in [1.807, 2.05) is 0 Å². The highest BCUT2D eigenvalue weighted by Gasteiger charge is 2.15. The van der Waals surface area contributed by atoms with Crippen molar-refractivity contribution in [3.8, 4) is 0 Å². The molecular formula is C6H12BrO. The van der Waals surface area contributed by atoms with Crippen molar-refractivity contribution >= 4 is 15.9 Å². The number of halogens is 1. The molecule has 0 rings (SSSR count). The summed E-state index contributed by atoms with van der Waals surface area (Å²) in [6, 6.07) is 0. The second kappa shape index (κ2) is 3.46. The summed E-state index contributed by atoms with van der Waals surface area (Å²) in [6.07, 6.45) is 1.55. The standard InChI is InChI=1S/C6H12BrO/c1-3-4-6(2,8)5-7/h8H,1,3-5H2,2H3. The number of hydrogen-bond donors (Lipinski definition) is 1. The molecule has 0 fully saturated rings. The molecule has 0 aromatic carbocycles. The quantitative estimate of drug-likeness (QED) is 0.656. The molecule has 49 valence electrons. The minimum Gasteiger partial charge on any atom is -0.389 e. The van der Waals surface area contributed by atoms with E-state index >= 15 is 0 Å². The zero-order valence-corrected chi connectivity index (χ0v) is 6.74. The Morgan fingerprint density at radius 1 is 1.75 bits per heavy atom. The lowest BCUT2D eigenvalue weighted by molar-refractivity contribution is 0.0783. The van der Waals surface area contributed by atoms with Crippen LogP contribution in [0.3, 0.4) is 0 Å². The van der Waals surface area contributed by atoms with Crippen LogP contribution < -0.4 is 0 Å². The van der Waals surface area contributed by atoms with E-state index in [-0.39, 0.29) is 0 Å². The fraction of sp³-hybridized carbons (Fsp3) is 0.833. The maximum Gasteiger partial charge on any atom is 0.0716 e. The van der Waals surface area contributed by atoms with Crippen molar-refractivity contribution in [2.24, 2.45) is 0 Å². The first-order chi connectivity index (χ1) is 3.62. The molecule has 0 spiro atoms. The molecule has 0 aromatic rings. The van der Waals surface area contributed by atoms with Crippen molar-refractivity contribution in [3.63, 3.8) is 0 Å². The fourth-order valence-corrected chi connectivity index (χ4v) is 0.728. The van der Waals surface area contributed by atoms with Crippen LogP contribution in [0.5, 0.6) is 0 Å². The molecule has 8 heavy (non-hydrogen) atoms. The second-order valence-electron chi connectivity index (χ2n) is 2.23. The van der Waals surface area contributed by atoms with Gasteiger partial charge in [-0.25, -0.2) is 0 Å². The Kier molecular flexibility index (Phi) is 3.65. The normalized spacial score (nSPS) is 18.0. The van der Waals surface area contributed by atoms with Gasteiger partial charge in [0.2, 0.25) is 0 Å². The Bertz CT molecular complexity index is 61.5. The summed E-state index contributed by atoms with van der Waals surface area (Å²) >= 11 is 3.19. The average molecular weight is 180 g/mol. The second-order valence-corrected chi connectivity index (χ2v) is 2.79. The Labute approximate surface area is 59.2 Å². The smallest absolute Gasteiger partial charge is 0.0716 e. The van der Waals surface area contributed by atoms with E-state index in [1.54, 1.807) is 6.92 Å². The molecule has 0 bridgehead atoms. The van der Waals surface area contributed by atoms with Crippen LogP contribution in [0.1, 0.15) is 19.8 Å². The van der Waals surface area contributed by atoms with E-state index in [4.69, 9.17) is 0 Å². The highest BCUT2D eigenvalue weighted by atomic mass is 79.9. The summed E-state index contributed by atoms with van der Waals surface area (Å²) in [5.74, 6) is 0. The summed E-state index contributed by atoms with van der Waals surface area (Å²) in [4.78, 5) is 0. The molecule has 0 heterocycles. The average Bonchev–Trinajstić information content (AvgIpc) is 1.67. The molecule has 1 unspecified atom stereocenters. The van der Waals surface area contributed by atoms with Gasteiger partial charge in [0.05, 0.1) is 5.60 Å². The van der Waals surface area contributed by atoms with Crippen LogP contribution >= 0.6 is 15.9 Å². The van der Waals surface area contributed by atoms with Crippen LogP contribution in [0.25, 0.3) is 0 Å². The third kappa shape index (κ3) is 3.44. The summed E-state index contributed by atoms with van der Waals surface area (Å²) in [6.45, 7) is 5.44. The maximum absolute atomic E-state index is 9.24. The van der Waals surface area contributed by atoms with Crippen LogP contribution in [-0.4, -0.2) is 16.0 Å². The van der Waals surface area contributed by atoms with Crippen molar-refractivity contribution in [1.29, 1.82) is 0 Å². The largest absolute Gasteiger partial charge is 0.389 e. The van der Waals surface area contributed by atoms with Crippen LogP contribution in [0.15, 0.2) is 0 Å². The van der Waals surface area contributed by atoms with Gasteiger partial charge < -0.3 is 5.11 Å². The Balaban J connectivity index is 3.37. The van der Waals surface area contributed by atoms with Gasteiger partial charge in [-0.3, -0.25) is 0 Å². The minimum atomic E-state index is -0.554. The van der Waals surface area contributed by atoms with Gasteiger partial charge in [-0.1, -0.05) is 29.3 Å². The molecule has 0 saturated carbocycles. The van der Waals surface area contributed by atoms with E-state index in [0.29, 0.717) is 5.33 Å². The highest BCUT2D eigenvalue weighted by molar-refractivity contribution is 9.09. The van der Waals surface area contributed by atoms with Crippen molar-refractivity contribution in [2.45, 2.75) is 25.4 Å². The molecule has 0 aliphatic rings. The molecule has 0 aliphatic heterocycles. The predicted octanol–water partition coefficient (Wildman–Crippen LogP) is 1.75. The number of rotatable bonds is 3. The van der Waals surface area contributed by atoms with Gasteiger partial charge in [-0.15, -0.1) is 0 Å². The SMILES string of the molecule is [CH2]CCC(C)(O)CBr. The van der Waals surface area contributed by atoms with E-state index in [0.717, 1.165) is 12.8 Å². The van der Waals surface area contributed by atoms with E-state index in [2.05, 4.69) is 22.9 Å². The maximum atomic E-state index is 9.24. The summed E-state index contributed by atoms with van der Waals surface area (Å²) < 4.78 is 0. The zero-order chi connectivity index (χ0) is 6.62. The third-order valence-electron chi connectivity index (χ3n) is 1.00. The molecule has 0 aliphatic carbocycles. The Morgan fingerprint density at radius 2 is 2.25 bits per heavy atom. The van der Waals surface area contributed by atoms with Gasteiger partial charge in [0, 0.05) is 5.33 Å². The van der Waals surface area contributed by atoms with Crippen molar-refractivity contribution in [1.82, 2.24) is 0 Å². The number of alkyl halides is 1. The van der Waals surface area contributed by atoms with Crippen LogP contribution in [-0.2, 0) is 0 Å². The number of hydrogen-bond acceptors (Lipinski definition) is 1. The van der Waals surface area contributed by atoms with Crippen molar-refractivity contribution in [3.05, 3.63) is 6.92 Å². The van der Waals surface area contributed by atoms with Gasteiger partial charge in [0.1, 0.15) is 0 Å². The lowest BCUT2D eigenvalue weighted by atomic mass is 10.0. The Morgan fingerprint density at radius 3 is 2.38 bits per heavy atom. The molecule has 1 N–H and O–H groups in total.